The van der Waals surface area contributed by atoms with Crippen LogP contribution >= 0.6 is 11.3 Å². The lowest BCUT2D eigenvalue weighted by Crippen LogP contribution is -2.34. The third-order valence-corrected chi connectivity index (χ3v) is 6.95. The van der Waals surface area contributed by atoms with E-state index in [4.69, 9.17) is 5.73 Å². The van der Waals surface area contributed by atoms with Gasteiger partial charge in [-0.3, -0.25) is 19.1 Å². The van der Waals surface area contributed by atoms with Crippen molar-refractivity contribution in [1.82, 2.24) is 9.55 Å². The van der Waals surface area contributed by atoms with E-state index in [-0.39, 0.29) is 11.5 Å². The summed E-state index contributed by atoms with van der Waals surface area (Å²) < 4.78 is 1.54. The number of pyridine rings is 1. The Morgan fingerprint density at radius 3 is 2.37 bits per heavy atom. The first-order chi connectivity index (χ1) is 16.6. The van der Waals surface area contributed by atoms with Crippen LogP contribution in [0, 0.1) is 12.8 Å². The number of rotatable bonds is 6. The first-order valence-corrected chi connectivity index (χ1v) is 11.9. The smallest absolute Gasteiger partial charge is 0.412 e. The third kappa shape index (κ3) is 4.42. The molecule has 0 saturated heterocycles. The third-order valence-electron chi connectivity index (χ3n) is 5.73. The Labute approximate surface area is 206 Å². The van der Waals surface area contributed by atoms with E-state index in [0.717, 1.165) is 10.5 Å². The number of benzene rings is 2. The lowest BCUT2D eigenvalue weighted by molar-refractivity contribution is 0.100. The molecule has 0 radical (unpaired) electrons. The first-order valence-electron chi connectivity index (χ1n) is 11.1. The number of fused-ring (bicyclic) bond motifs is 1. The molecule has 4 aromatic rings. The molecule has 0 spiro atoms. The predicted molar refractivity (Wildman–Crippen MR) is 139 cm³/mol. The Balaban J connectivity index is 2.13. The van der Waals surface area contributed by atoms with E-state index in [1.54, 1.807) is 23.6 Å². The molecule has 0 saturated carbocycles. The van der Waals surface area contributed by atoms with Crippen molar-refractivity contribution in [2.24, 2.45) is 11.7 Å². The van der Waals surface area contributed by atoms with Crippen LogP contribution in [0.5, 0.6) is 0 Å². The number of carbonyl (C=O) groups is 2. The van der Waals surface area contributed by atoms with Crippen molar-refractivity contribution in [3.05, 3.63) is 69.5 Å². The molecule has 0 atom stereocenters. The number of thiazole rings is 1. The van der Waals surface area contributed by atoms with Crippen molar-refractivity contribution in [3.63, 3.8) is 0 Å². The van der Waals surface area contributed by atoms with Gasteiger partial charge in [-0.2, -0.15) is 0 Å². The molecule has 0 aliphatic rings. The molecule has 2 heterocycles. The van der Waals surface area contributed by atoms with Crippen molar-refractivity contribution in [1.29, 1.82) is 0 Å². The number of nitrogens with two attached hydrogens (primary N) is 1. The molecule has 2 amide bonds. The minimum atomic E-state index is -1.17. The fourth-order valence-corrected chi connectivity index (χ4v) is 5.09. The monoisotopic (exact) mass is 490 g/mol. The van der Waals surface area contributed by atoms with Gasteiger partial charge >= 0.3 is 6.09 Å². The summed E-state index contributed by atoms with van der Waals surface area (Å²) in [4.78, 5) is 43.5. The molecule has 180 valence electrons. The second-order valence-electron chi connectivity index (χ2n) is 8.77. The van der Waals surface area contributed by atoms with Crippen LogP contribution in [0.25, 0.3) is 32.5 Å². The van der Waals surface area contributed by atoms with E-state index in [1.807, 2.05) is 50.2 Å². The SMILES string of the molecule is Cc1nc(-c2ccc3c(=O)n(CC(C)C)c(N(C)C(=O)O)c(-c4ccccc4)c3c2)sc1C(N)=O. The molecule has 2 aromatic carbocycles. The Hall–Kier alpha value is -3.98. The van der Waals surface area contributed by atoms with Crippen LogP contribution in [0.1, 0.15) is 29.2 Å². The second-order valence-corrected chi connectivity index (χ2v) is 9.77. The molecule has 35 heavy (non-hydrogen) atoms. The topological polar surface area (TPSA) is 119 Å². The number of primary amides is 1. The number of carboxylic acid groups (broad SMARTS) is 1. The summed E-state index contributed by atoms with van der Waals surface area (Å²) in [5, 5.41) is 11.6. The molecule has 9 heteroatoms. The maximum absolute atomic E-state index is 13.7. The molecular formula is C26H26N4O4S. The number of aromatic nitrogens is 2. The molecule has 8 nitrogen and oxygen atoms in total. The number of aryl methyl sites for hydroxylation is 1. The predicted octanol–water partition coefficient (Wildman–Crippen LogP) is 4.97. The Kier molecular flexibility index (Phi) is 6.45. The lowest BCUT2D eigenvalue weighted by Gasteiger charge is -2.26. The van der Waals surface area contributed by atoms with Crippen LogP contribution in [0.2, 0.25) is 0 Å². The van der Waals surface area contributed by atoms with Crippen LogP contribution in [-0.2, 0) is 6.54 Å². The lowest BCUT2D eigenvalue weighted by atomic mass is 9.97. The molecule has 0 bridgehead atoms. The zero-order valence-electron chi connectivity index (χ0n) is 19.9. The highest BCUT2D eigenvalue weighted by Gasteiger charge is 2.25. The molecule has 0 fully saturated rings. The van der Waals surface area contributed by atoms with Gasteiger partial charge in [-0.15, -0.1) is 11.3 Å². The molecule has 0 aliphatic carbocycles. The van der Waals surface area contributed by atoms with Crippen molar-refractivity contribution in [2.45, 2.75) is 27.3 Å². The quantitative estimate of drug-likeness (QED) is 0.396. The fraction of sp³-hybridized carbons (Fsp3) is 0.231. The largest absolute Gasteiger partial charge is 0.465 e. The molecular weight excluding hydrogens is 464 g/mol. The number of amides is 2. The number of hydrogen-bond acceptors (Lipinski definition) is 5. The fourth-order valence-electron chi connectivity index (χ4n) is 4.18. The van der Waals surface area contributed by atoms with E-state index in [9.17, 15) is 19.5 Å². The number of hydrogen-bond donors (Lipinski definition) is 2. The first kappa shape index (κ1) is 24.2. The molecule has 4 rings (SSSR count). The summed E-state index contributed by atoms with van der Waals surface area (Å²) >= 11 is 1.19. The maximum Gasteiger partial charge on any atom is 0.412 e. The molecule has 2 aromatic heterocycles. The van der Waals surface area contributed by atoms with Crippen LogP contribution in [-0.4, -0.2) is 33.7 Å². The number of anilines is 1. The van der Waals surface area contributed by atoms with Crippen LogP contribution in [0.3, 0.4) is 0 Å². The van der Waals surface area contributed by atoms with E-state index < -0.39 is 12.0 Å². The van der Waals surface area contributed by atoms with Gasteiger partial charge in [0.05, 0.1) is 5.69 Å². The minimum absolute atomic E-state index is 0.111. The highest BCUT2D eigenvalue weighted by molar-refractivity contribution is 7.17. The Morgan fingerprint density at radius 1 is 1.11 bits per heavy atom. The molecule has 3 N–H and O–H groups in total. The Bertz CT molecular complexity index is 1510. The van der Waals surface area contributed by atoms with Crippen LogP contribution in [0.15, 0.2) is 53.3 Å². The highest BCUT2D eigenvalue weighted by atomic mass is 32.1. The average molecular weight is 491 g/mol. The summed E-state index contributed by atoms with van der Waals surface area (Å²) in [7, 11) is 1.44. The summed E-state index contributed by atoms with van der Waals surface area (Å²) in [6.07, 6.45) is -1.17. The van der Waals surface area contributed by atoms with Crippen molar-refractivity contribution < 1.29 is 14.7 Å². The van der Waals surface area contributed by atoms with Gasteiger partial charge in [-0.25, -0.2) is 9.78 Å². The van der Waals surface area contributed by atoms with E-state index in [1.165, 1.54) is 18.4 Å². The highest BCUT2D eigenvalue weighted by Crippen LogP contribution is 2.39. The normalized spacial score (nSPS) is 11.2. The van der Waals surface area contributed by atoms with Gasteiger partial charge in [0.1, 0.15) is 15.7 Å². The maximum atomic E-state index is 13.7. The zero-order valence-corrected chi connectivity index (χ0v) is 20.7. The van der Waals surface area contributed by atoms with Crippen LogP contribution in [0.4, 0.5) is 10.6 Å². The van der Waals surface area contributed by atoms with Gasteiger partial charge in [-0.1, -0.05) is 50.2 Å². The van der Waals surface area contributed by atoms with Gasteiger partial charge in [0.25, 0.3) is 11.5 Å². The zero-order chi connectivity index (χ0) is 25.4. The van der Waals surface area contributed by atoms with Gasteiger partial charge in [0.15, 0.2) is 0 Å². The second kappa shape index (κ2) is 9.34. The molecule has 0 aliphatic heterocycles. The number of carbonyl (C=O) groups excluding carboxylic acids is 1. The average Bonchev–Trinajstić information content (AvgIpc) is 3.22. The Morgan fingerprint density at radius 2 is 1.80 bits per heavy atom. The minimum Gasteiger partial charge on any atom is -0.465 e. The summed E-state index contributed by atoms with van der Waals surface area (Å²) in [6.45, 7) is 6.04. The number of nitrogens with zero attached hydrogens (tertiary/aromatic N) is 3. The van der Waals surface area contributed by atoms with Crippen molar-refractivity contribution in [3.8, 4) is 21.7 Å². The standard InChI is InChI=1S/C26H26N4O4S/c1-14(2)13-30-24(29(4)26(33)34)20(16-8-6-5-7-9-16)19-12-17(10-11-18(19)25(30)32)23-28-15(3)21(35-23)22(27)31/h5-12,14H,13H2,1-4H3,(H2,27,31)(H,33,34). The van der Waals surface area contributed by atoms with Gasteiger partial charge in [-0.05, 0) is 35.9 Å². The van der Waals surface area contributed by atoms with Crippen LogP contribution < -0.4 is 16.2 Å². The van der Waals surface area contributed by atoms with Gasteiger partial charge in [0, 0.05) is 30.1 Å². The van der Waals surface area contributed by atoms with Gasteiger partial charge < -0.3 is 10.8 Å². The molecule has 0 unspecified atom stereocenters. The van der Waals surface area contributed by atoms with E-state index in [2.05, 4.69) is 4.98 Å². The summed E-state index contributed by atoms with van der Waals surface area (Å²) in [5.74, 6) is -0.126. The van der Waals surface area contributed by atoms with E-state index in [0.29, 0.717) is 49.8 Å². The van der Waals surface area contributed by atoms with Gasteiger partial charge in [0.2, 0.25) is 0 Å². The summed E-state index contributed by atoms with van der Waals surface area (Å²) in [6, 6.07) is 14.8. The van der Waals surface area contributed by atoms with Crippen molar-refractivity contribution in [2.75, 3.05) is 11.9 Å². The van der Waals surface area contributed by atoms with E-state index >= 15 is 0 Å². The van der Waals surface area contributed by atoms with Crippen molar-refractivity contribution >= 4 is 39.9 Å². The summed E-state index contributed by atoms with van der Waals surface area (Å²) in [5.41, 5.74) is 7.88.